The number of aromatic nitrogens is 7. The minimum absolute atomic E-state index is 0.228. The lowest BCUT2D eigenvalue weighted by atomic mass is 10.2. The van der Waals surface area contributed by atoms with Gasteiger partial charge >= 0.3 is 5.69 Å². The van der Waals surface area contributed by atoms with E-state index in [4.69, 9.17) is 0 Å². The molecule has 3 aromatic heterocycles. The summed E-state index contributed by atoms with van der Waals surface area (Å²) in [7, 11) is 1.61. The quantitative estimate of drug-likeness (QED) is 0.450. The topological polar surface area (TPSA) is 93.8 Å². The Kier molecular flexibility index (Phi) is 3.15. The Balaban J connectivity index is 1.79. The number of H-pyrrole nitrogens is 1. The molecule has 0 radical (unpaired) electrons. The first-order chi connectivity index (χ1) is 11.1. The van der Waals surface area contributed by atoms with Crippen LogP contribution in [-0.4, -0.2) is 34.3 Å². The van der Waals surface area contributed by atoms with E-state index in [-0.39, 0.29) is 5.69 Å². The lowest BCUT2D eigenvalue weighted by Crippen LogP contribution is -2.13. The molecule has 8 nitrogen and oxygen atoms in total. The molecule has 0 aliphatic rings. The highest BCUT2D eigenvalue weighted by Crippen LogP contribution is 2.25. The second kappa shape index (κ2) is 5.20. The van der Waals surface area contributed by atoms with Crippen LogP contribution in [0.4, 0.5) is 0 Å². The van der Waals surface area contributed by atoms with Crippen LogP contribution >= 0.6 is 11.8 Å². The van der Waals surface area contributed by atoms with E-state index in [1.165, 1.54) is 16.4 Å². The van der Waals surface area contributed by atoms with Gasteiger partial charge < -0.3 is 0 Å². The fourth-order valence-corrected chi connectivity index (χ4v) is 3.19. The van der Waals surface area contributed by atoms with Gasteiger partial charge in [0.1, 0.15) is 11.6 Å². The van der Waals surface area contributed by atoms with Crippen molar-refractivity contribution in [3.63, 3.8) is 0 Å². The highest BCUT2D eigenvalue weighted by molar-refractivity contribution is 7.98. The Hall–Kier alpha value is -2.68. The van der Waals surface area contributed by atoms with Crippen molar-refractivity contribution in [3.8, 4) is 0 Å². The van der Waals surface area contributed by atoms with Crippen LogP contribution in [0.1, 0.15) is 11.6 Å². The van der Waals surface area contributed by atoms with E-state index in [1.807, 2.05) is 31.2 Å². The molecule has 0 fully saturated rings. The fraction of sp³-hybridized carbons (Fsp3) is 0.214. The van der Waals surface area contributed by atoms with E-state index in [9.17, 15) is 4.79 Å². The first-order valence-electron chi connectivity index (χ1n) is 6.99. The maximum Gasteiger partial charge on any atom is 0.343 e. The standard InChI is InChI=1S/C14H13N7OS/c1-8-15-12-9-5-3-4-6-10(9)16-14(21(12)18-8)23-7-11-17-13(22)20(2)19-11/h3-6H,7H2,1-2H3,(H,17,19,22). The summed E-state index contributed by atoms with van der Waals surface area (Å²) in [5, 5.41) is 10.2. The van der Waals surface area contributed by atoms with Gasteiger partial charge in [-0.15, -0.1) is 5.10 Å². The number of para-hydroxylation sites is 1. The molecule has 0 atom stereocenters. The van der Waals surface area contributed by atoms with Gasteiger partial charge in [-0.3, -0.25) is 4.98 Å². The summed E-state index contributed by atoms with van der Waals surface area (Å²) >= 11 is 1.46. The van der Waals surface area contributed by atoms with E-state index in [0.717, 1.165) is 16.6 Å². The molecule has 0 spiro atoms. The zero-order chi connectivity index (χ0) is 16.0. The Labute approximate surface area is 134 Å². The molecule has 4 rings (SSSR count). The molecule has 0 unspecified atom stereocenters. The van der Waals surface area contributed by atoms with Gasteiger partial charge in [-0.05, 0) is 19.1 Å². The third-order valence-corrected chi connectivity index (χ3v) is 4.35. The average Bonchev–Trinajstić information content (AvgIpc) is 3.08. The van der Waals surface area contributed by atoms with Crippen molar-refractivity contribution in [3.05, 3.63) is 46.4 Å². The fourth-order valence-electron chi connectivity index (χ4n) is 2.38. The number of nitrogens with one attached hydrogen (secondary N) is 1. The number of rotatable bonds is 3. The van der Waals surface area contributed by atoms with Gasteiger partial charge in [0.25, 0.3) is 0 Å². The van der Waals surface area contributed by atoms with Gasteiger partial charge in [-0.1, -0.05) is 23.9 Å². The summed E-state index contributed by atoms with van der Waals surface area (Å²) in [6.07, 6.45) is 0. The lowest BCUT2D eigenvalue weighted by molar-refractivity contribution is 0.726. The van der Waals surface area contributed by atoms with Crippen LogP contribution < -0.4 is 5.69 Å². The van der Waals surface area contributed by atoms with Crippen LogP contribution in [0.5, 0.6) is 0 Å². The van der Waals surface area contributed by atoms with Gasteiger partial charge in [0.15, 0.2) is 10.8 Å². The van der Waals surface area contributed by atoms with Gasteiger partial charge in [0.05, 0.1) is 11.3 Å². The number of hydrogen-bond acceptors (Lipinski definition) is 6. The number of aryl methyl sites for hydroxylation is 2. The Bertz CT molecular complexity index is 1080. The first kappa shape index (κ1) is 13.9. The third kappa shape index (κ3) is 2.38. The van der Waals surface area contributed by atoms with Crippen molar-refractivity contribution in [2.45, 2.75) is 17.8 Å². The van der Waals surface area contributed by atoms with Crippen LogP contribution in [0.2, 0.25) is 0 Å². The van der Waals surface area contributed by atoms with Crippen molar-refractivity contribution in [1.82, 2.24) is 34.3 Å². The monoisotopic (exact) mass is 327 g/mol. The molecule has 0 amide bonds. The smallest absolute Gasteiger partial charge is 0.292 e. The predicted octanol–water partition coefficient (Wildman–Crippen LogP) is 1.30. The summed E-state index contributed by atoms with van der Waals surface area (Å²) in [6.45, 7) is 1.85. The number of hydrogen-bond donors (Lipinski definition) is 1. The van der Waals surface area contributed by atoms with Crippen LogP contribution in [0, 0.1) is 6.92 Å². The van der Waals surface area contributed by atoms with Crippen molar-refractivity contribution >= 4 is 28.3 Å². The van der Waals surface area contributed by atoms with E-state index in [1.54, 1.807) is 11.6 Å². The maximum absolute atomic E-state index is 11.4. The first-order valence-corrected chi connectivity index (χ1v) is 7.97. The molecule has 0 saturated carbocycles. The minimum atomic E-state index is -0.228. The summed E-state index contributed by atoms with van der Waals surface area (Å²) in [6, 6.07) is 7.84. The molecule has 1 N–H and O–H groups in total. The molecular formula is C14H13N7OS. The number of thioether (sulfide) groups is 1. The van der Waals surface area contributed by atoms with Gasteiger partial charge in [0.2, 0.25) is 0 Å². The van der Waals surface area contributed by atoms with Crippen molar-refractivity contribution in [1.29, 1.82) is 0 Å². The Morgan fingerprint density at radius 1 is 1.22 bits per heavy atom. The van der Waals surface area contributed by atoms with E-state index in [2.05, 4.69) is 25.1 Å². The molecule has 23 heavy (non-hydrogen) atoms. The molecule has 116 valence electrons. The van der Waals surface area contributed by atoms with Crippen LogP contribution in [0.15, 0.2) is 34.2 Å². The zero-order valence-electron chi connectivity index (χ0n) is 12.5. The molecule has 0 bridgehead atoms. The van der Waals surface area contributed by atoms with E-state index in [0.29, 0.717) is 22.6 Å². The number of benzene rings is 1. The molecule has 0 aliphatic carbocycles. The molecule has 0 saturated heterocycles. The lowest BCUT2D eigenvalue weighted by Gasteiger charge is -2.05. The highest BCUT2D eigenvalue weighted by atomic mass is 32.2. The van der Waals surface area contributed by atoms with Gasteiger partial charge in [-0.25, -0.2) is 19.4 Å². The zero-order valence-corrected chi connectivity index (χ0v) is 13.3. The number of nitrogens with zero attached hydrogens (tertiary/aromatic N) is 6. The SMILES string of the molecule is Cc1nc2c3ccccc3nc(SCc3nn(C)c(=O)[nH]3)n2n1. The molecule has 0 aliphatic heterocycles. The highest BCUT2D eigenvalue weighted by Gasteiger charge is 2.13. The molecule has 1 aromatic carbocycles. The molecule has 4 aromatic rings. The Morgan fingerprint density at radius 3 is 2.83 bits per heavy atom. The van der Waals surface area contributed by atoms with Crippen molar-refractivity contribution in [2.24, 2.45) is 7.05 Å². The average molecular weight is 327 g/mol. The van der Waals surface area contributed by atoms with Crippen LogP contribution in [0.25, 0.3) is 16.6 Å². The summed E-state index contributed by atoms with van der Waals surface area (Å²) in [5.41, 5.74) is 1.42. The van der Waals surface area contributed by atoms with Crippen LogP contribution in [-0.2, 0) is 12.8 Å². The maximum atomic E-state index is 11.4. The van der Waals surface area contributed by atoms with E-state index < -0.39 is 0 Å². The van der Waals surface area contributed by atoms with Crippen LogP contribution in [0.3, 0.4) is 0 Å². The molecule has 3 heterocycles. The van der Waals surface area contributed by atoms with Crippen molar-refractivity contribution in [2.75, 3.05) is 0 Å². The summed E-state index contributed by atoms with van der Waals surface area (Å²) < 4.78 is 3.02. The Morgan fingerprint density at radius 2 is 2.04 bits per heavy atom. The summed E-state index contributed by atoms with van der Waals surface area (Å²) in [4.78, 5) is 23.3. The van der Waals surface area contributed by atoms with Gasteiger partial charge in [-0.2, -0.15) is 9.61 Å². The normalized spacial score (nSPS) is 11.6. The number of fused-ring (bicyclic) bond motifs is 3. The number of aromatic amines is 1. The molecular weight excluding hydrogens is 314 g/mol. The molecule has 9 heteroatoms. The minimum Gasteiger partial charge on any atom is -0.292 e. The van der Waals surface area contributed by atoms with Crippen molar-refractivity contribution < 1.29 is 0 Å². The third-order valence-electron chi connectivity index (χ3n) is 3.41. The summed E-state index contributed by atoms with van der Waals surface area (Å²) in [5.74, 6) is 1.79. The largest absolute Gasteiger partial charge is 0.343 e. The van der Waals surface area contributed by atoms with Gasteiger partial charge in [0, 0.05) is 12.4 Å². The predicted molar refractivity (Wildman–Crippen MR) is 86.4 cm³/mol. The second-order valence-electron chi connectivity index (χ2n) is 5.10. The van der Waals surface area contributed by atoms with E-state index >= 15 is 0 Å². The second-order valence-corrected chi connectivity index (χ2v) is 6.04.